The lowest BCUT2D eigenvalue weighted by molar-refractivity contribution is -0.142. The first-order valence-electron chi connectivity index (χ1n) is 5.81. The van der Waals surface area contributed by atoms with Crippen molar-refractivity contribution >= 4 is 17.6 Å². The average Bonchev–Trinajstić information content (AvgIpc) is 2.30. The van der Waals surface area contributed by atoms with Gasteiger partial charge in [0.2, 0.25) is 0 Å². The van der Waals surface area contributed by atoms with Crippen LogP contribution in [0.1, 0.15) is 31.9 Å². The van der Waals surface area contributed by atoms with Gasteiger partial charge in [0.25, 0.3) is 0 Å². The summed E-state index contributed by atoms with van der Waals surface area (Å²) in [4.78, 5) is 11.3. The van der Waals surface area contributed by atoms with Gasteiger partial charge < -0.3 is 10.1 Å². The highest BCUT2D eigenvalue weighted by Crippen LogP contribution is 2.19. The molecule has 1 rings (SSSR count). The number of carbonyl (C=O) groups is 1. The standard InChI is InChI=1S/C13H18ClNO2/c1-3-12(15-9-13(16)17-4-2)10-6-5-7-11(14)8-10/h5-8,12,15H,3-4,9H2,1-2H3. The maximum Gasteiger partial charge on any atom is 0.319 e. The molecule has 1 atom stereocenters. The summed E-state index contributed by atoms with van der Waals surface area (Å²) in [5, 5.41) is 3.87. The summed E-state index contributed by atoms with van der Waals surface area (Å²) in [5.41, 5.74) is 1.09. The van der Waals surface area contributed by atoms with E-state index in [2.05, 4.69) is 12.2 Å². The van der Waals surface area contributed by atoms with Gasteiger partial charge >= 0.3 is 5.97 Å². The van der Waals surface area contributed by atoms with Gasteiger partial charge in [-0.3, -0.25) is 4.79 Å². The summed E-state index contributed by atoms with van der Waals surface area (Å²) in [6.45, 7) is 4.49. The summed E-state index contributed by atoms with van der Waals surface area (Å²) in [7, 11) is 0. The van der Waals surface area contributed by atoms with Crippen LogP contribution in [0.2, 0.25) is 5.02 Å². The minimum atomic E-state index is -0.229. The summed E-state index contributed by atoms with van der Waals surface area (Å²) >= 11 is 5.94. The molecule has 0 fully saturated rings. The largest absolute Gasteiger partial charge is 0.465 e. The highest BCUT2D eigenvalue weighted by molar-refractivity contribution is 6.30. The summed E-state index contributed by atoms with van der Waals surface area (Å²) < 4.78 is 4.87. The number of esters is 1. The number of halogens is 1. The summed E-state index contributed by atoms with van der Waals surface area (Å²) in [5.74, 6) is -0.229. The monoisotopic (exact) mass is 255 g/mol. The molecule has 1 aromatic rings. The first-order chi connectivity index (χ1) is 8.17. The smallest absolute Gasteiger partial charge is 0.319 e. The van der Waals surface area contributed by atoms with Crippen molar-refractivity contribution in [2.45, 2.75) is 26.3 Å². The van der Waals surface area contributed by atoms with Gasteiger partial charge in [-0.1, -0.05) is 30.7 Å². The second kappa shape index (κ2) is 7.30. The predicted molar refractivity (Wildman–Crippen MR) is 69.1 cm³/mol. The third kappa shape index (κ3) is 4.75. The molecule has 0 radical (unpaired) electrons. The Bertz CT molecular complexity index is 368. The zero-order chi connectivity index (χ0) is 12.7. The van der Waals surface area contributed by atoms with E-state index in [1.54, 1.807) is 6.92 Å². The Morgan fingerprint density at radius 3 is 2.82 bits per heavy atom. The highest BCUT2D eigenvalue weighted by Gasteiger charge is 2.11. The Labute approximate surface area is 107 Å². The average molecular weight is 256 g/mol. The van der Waals surface area contributed by atoms with Crippen LogP contribution in [0.3, 0.4) is 0 Å². The van der Waals surface area contributed by atoms with Crippen molar-refractivity contribution in [3.05, 3.63) is 34.9 Å². The van der Waals surface area contributed by atoms with Crippen molar-refractivity contribution in [2.75, 3.05) is 13.2 Å². The van der Waals surface area contributed by atoms with Gasteiger partial charge in [0, 0.05) is 11.1 Å². The Morgan fingerprint density at radius 2 is 2.24 bits per heavy atom. The number of hydrogen-bond acceptors (Lipinski definition) is 3. The second-order valence-corrected chi connectivity index (χ2v) is 4.14. The van der Waals surface area contributed by atoms with Crippen molar-refractivity contribution in [1.82, 2.24) is 5.32 Å². The molecule has 0 aliphatic heterocycles. The number of ether oxygens (including phenoxy) is 1. The molecule has 0 aliphatic carbocycles. The van der Waals surface area contributed by atoms with Crippen molar-refractivity contribution in [1.29, 1.82) is 0 Å². The third-order valence-corrected chi connectivity index (χ3v) is 2.69. The van der Waals surface area contributed by atoms with Crippen LogP contribution in [0.4, 0.5) is 0 Å². The molecular formula is C13H18ClNO2. The van der Waals surface area contributed by atoms with Crippen molar-refractivity contribution < 1.29 is 9.53 Å². The highest BCUT2D eigenvalue weighted by atomic mass is 35.5. The summed E-state index contributed by atoms with van der Waals surface area (Å²) in [6.07, 6.45) is 0.889. The first-order valence-corrected chi connectivity index (χ1v) is 6.19. The summed E-state index contributed by atoms with van der Waals surface area (Å²) in [6, 6.07) is 7.78. The van der Waals surface area contributed by atoms with E-state index in [9.17, 15) is 4.79 Å². The van der Waals surface area contributed by atoms with E-state index in [0.717, 1.165) is 12.0 Å². The lowest BCUT2D eigenvalue weighted by atomic mass is 10.0. The van der Waals surface area contributed by atoms with Crippen molar-refractivity contribution in [3.63, 3.8) is 0 Å². The van der Waals surface area contributed by atoms with Crippen LogP contribution in [0.25, 0.3) is 0 Å². The topological polar surface area (TPSA) is 38.3 Å². The molecule has 1 N–H and O–H groups in total. The van der Waals surface area contributed by atoms with Crippen LogP contribution in [-0.2, 0) is 9.53 Å². The Morgan fingerprint density at radius 1 is 1.47 bits per heavy atom. The lowest BCUT2D eigenvalue weighted by Crippen LogP contribution is -2.28. The lowest BCUT2D eigenvalue weighted by Gasteiger charge is -2.17. The fraction of sp³-hybridized carbons (Fsp3) is 0.462. The molecule has 0 saturated heterocycles. The van der Waals surface area contributed by atoms with E-state index < -0.39 is 0 Å². The van der Waals surface area contributed by atoms with Gasteiger partial charge in [0.05, 0.1) is 13.2 Å². The van der Waals surface area contributed by atoms with E-state index >= 15 is 0 Å². The van der Waals surface area contributed by atoms with Crippen LogP contribution in [-0.4, -0.2) is 19.1 Å². The van der Waals surface area contributed by atoms with Gasteiger partial charge in [-0.15, -0.1) is 0 Å². The maximum absolute atomic E-state index is 11.3. The molecule has 17 heavy (non-hydrogen) atoms. The van der Waals surface area contributed by atoms with Gasteiger partial charge in [0.15, 0.2) is 0 Å². The van der Waals surface area contributed by atoms with E-state index in [-0.39, 0.29) is 18.6 Å². The Kier molecular flexibility index (Phi) is 6.01. The molecule has 1 unspecified atom stereocenters. The molecule has 0 aromatic heterocycles. The normalized spacial score (nSPS) is 12.2. The predicted octanol–water partition coefficient (Wildman–Crippen LogP) is 2.94. The Hall–Kier alpha value is -1.06. The van der Waals surface area contributed by atoms with E-state index in [0.29, 0.717) is 11.6 Å². The molecule has 1 aromatic carbocycles. The molecule has 0 bridgehead atoms. The van der Waals surface area contributed by atoms with E-state index in [4.69, 9.17) is 16.3 Å². The van der Waals surface area contributed by atoms with Crippen molar-refractivity contribution in [3.8, 4) is 0 Å². The Balaban J connectivity index is 2.57. The number of hydrogen-bond donors (Lipinski definition) is 1. The molecule has 0 aliphatic rings. The molecule has 3 nitrogen and oxygen atoms in total. The van der Waals surface area contributed by atoms with Crippen LogP contribution in [0.5, 0.6) is 0 Å². The molecule has 4 heteroatoms. The molecular weight excluding hydrogens is 238 g/mol. The minimum Gasteiger partial charge on any atom is -0.465 e. The molecule has 0 saturated carbocycles. The van der Waals surface area contributed by atoms with Crippen LogP contribution in [0, 0.1) is 0 Å². The molecule has 94 valence electrons. The number of benzene rings is 1. The van der Waals surface area contributed by atoms with E-state index in [1.165, 1.54) is 0 Å². The number of carbonyl (C=O) groups excluding carboxylic acids is 1. The van der Waals surface area contributed by atoms with Crippen LogP contribution in [0.15, 0.2) is 24.3 Å². The zero-order valence-electron chi connectivity index (χ0n) is 10.2. The van der Waals surface area contributed by atoms with Gasteiger partial charge in [0.1, 0.15) is 0 Å². The second-order valence-electron chi connectivity index (χ2n) is 3.70. The zero-order valence-corrected chi connectivity index (χ0v) is 11.0. The number of nitrogens with one attached hydrogen (secondary N) is 1. The first kappa shape index (κ1) is 14.0. The van der Waals surface area contributed by atoms with Crippen LogP contribution < -0.4 is 5.32 Å². The SMILES string of the molecule is CCOC(=O)CNC(CC)c1cccc(Cl)c1. The maximum atomic E-state index is 11.3. The van der Waals surface area contributed by atoms with E-state index in [1.807, 2.05) is 24.3 Å². The minimum absolute atomic E-state index is 0.123. The van der Waals surface area contributed by atoms with Gasteiger partial charge in [-0.25, -0.2) is 0 Å². The molecule has 0 amide bonds. The van der Waals surface area contributed by atoms with Gasteiger partial charge in [-0.2, -0.15) is 0 Å². The number of rotatable bonds is 6. The van der Waals surface area contributed by atoms with Crippen molar-refractivity contribution in [2.24, 2.45) is 0 Å². The fourth-order valence-corrected chi connectivity index (χ4v) is 1.84. The van der Waals surface area contributed by atoms with Gasteiger partial charge in [-0.05, 0) is 31.0 Å². The fourth-order valence-electron chi connectivity index (χ4n) is 1.64. The van der Waals surface area contributed by atoms with Crippen LogP contribution >= 0.6 is 11.6 Å². The third-order valence-electron chi connectivity index (χ3n) is 2.46. The molecule has 0 heterocycles. The quantitative estimate of drug-likeness (QED) is 0.795. The molecule has 0 spiro atoms.